The van der Waals surface area contributed by atoms with Crippen molar-refractivity contribution in [2.75, 3.05) is 13.1 Å². The van der Waals surface area contributed by atoms with Crippen LogP contribution in [0.15, 0.2) is 4.99 Å². The van der Waals surface area contributed by atoms with Gasteiger partial charge >= 0.3 is 0 Å². The molecular formula is C8H16N2. The molecule has 1 aliphatic rings. The second-order valence-electron chi connectivity index (χ2n) is 2.71. The molecular weight excluding hydrogens is 124 g/mol. The van der Waals surface area contributed by atoms with Crippen LogP contribution < -0.4 is 5.32 Å². The van der Waals surface area contributed by atoms with Gasteiger partial charge < -0.3 is 5.32 Å². The number of nitrogens with zero attached hydrogens (tertiary/aromatic N) is 1. The number of nitrogens with one attached hydrogen (secondary N) is 1. The fourth-order valence-corrected chi connectivity index (χ4v) is 1.37. The summed E-state index contributed by atoms with van der Waals surface area (Å²) in [6.07, 6.45) is 2.42. The van der Waals surface area contributed by atoms with Gasteiger partial charge in [0, 0.05) is 12.5 Å². The first-order valence-electron chi connectivity index (χ1n) is 4.16. The van der Waals surface area contributed by atoms with E-state index in [2.05, 4.69) is 24.2 Å². The van der Waals surface area contributed by atoms with Crippen LogP contribution in [0.4, 0.5) is 0 Å². The Bertz CT molecular complexity index is 125. The molecule has 0 saturated carbocycles. The zero-order chi connectivity index (χ0) is 7.40. The molecule has 1 aliphatic heterocycles. The molecule has 1 heterocycles. The average Bonchev–Trinajstić information content (AvgIpc) is 2.43. The van der Waals surface area contributed by atoms with E-state index in [1.807, 2.05) is 0 Å². The third kappa shape index (κ3) is 1.49. The Labute approximate surface area is 62.7 Å². The normalized spacial score (nSPS) is 17.3. The van der Waals surface area contributed by atoms with Gasteiger partial charge in [0.15, 0.2) is 0 Å². The molecule has 0 radical (unpaired) electrons. The first-order valence-corrected chi connectivity index (χ1v) is 4.16. The first-order chi connectivity index (χ1) is 4.88. The van der Waals surface area contributed by atoms with E-state index in [1.54, 1.807) is 0 Å². The Hall–Kier alpha value is -0.530. The van der Waals surface area contributed by atoms with Crippen LogP contribution in [0.5, 0.6) is 0 Å². The van der Waals surface area contributed by atoms with E-state index < -0.39 is 0 Å². The maximum absolute atomic E-state index is 4.38. The Balaban J connectivity index is 2.44. The summed E-state index contributed by atoms with van der Waals surface area (Å²) < 4.78 is 0. The van der Waals surface area contributed by atoms with Gasteiger partial charge in [-0.3, -0.25) is 4.99 Å². The predicted octanol–water partition coefficient (Wildman–Crippen LogP) is 1.42. The van der Waals surface area contributed by atoms with Crippen molar-refractivity contribution < 1.29 is 0 Å². The van der Waals surface area contributed by atoms with Crippen molar-refractivity contribution in [3.05, 3.63) is 0 Å². The SMILES string of the molecule is CCC(CC)C1=NCCN1. The lowest BCUT2D eigenvalue weighted by molar-refractivity contribution is 0.628. The number of rotatable bonds is 3. The summed E-state index contributed by atoms with van der Waals surface area (Å²) >= 11 is 0. The second kappa shape index (κ2) is 3.59. The largest absolute Gasteiger partial charge is 0.372 e. The minimum absolute atomic E-state index is 0.683. The van der Waals surface area contributed by atoms with E-state index >= 15 is 0 Å². The van der Waals surface area contributed by atoms with Crippen LogP contribution in [0.2, 0.25) is 0 Å². The molecule has 0 bridgehead atoms. The van der Waals surface area contributed by atoms with Gasteiger partial charge in [0.2, 0.25) is 0 Å². The monoisotopic (exact) mass is 140 g/mol. The molecule has 0 aromatic rings. The third-order valence-electron chi connectivity index (χ3n) is 2.07. The standard InChI is InChI=1S/C8H16N2/c1-3-7(4-2)8-9-5-6-10-8/h7H,3-6H2,1-2H3,(H,9,10). The summed E-state index contributed by atoms with van der Waals surface area (Å²) in [6, 6.07) is 0. The summed E-state index contributed by atoms with van der Waals surface area (Å²) in [5.41, 5.74) is 0. The smallest absolute Gasteiger partial charge is 0.0995 e. The van der Waals surface area contributed by atoms with Gasteiger partial charge in [-0.1, -0.05) is 13.8 Å². The molecule has 2 heteroatoms. The zero-order valence-electron chi connectivity index (χ0n) is 6.85. The molecule has 0 aliphatic carbocycles. The van der Waals surface area contributed by atoms with Crippen LogP contribution in [0.3, 0.4) is 0 Å². The summed E-state index contributed by atoms with van der Waals surface area (Å²) in [5.74, 6) is 1.92. The highest BCUT2D eigenvalue weighted by molar-refractivity contribution is 5.85. The maximum atomic E-state index is 4.38. The number of amidine groups is 1. The highest BCUT2D eigenvalue weighted by Gasteiger charge is 2.13. The van der Waals surface area contributed by atoms with Crippen molar-refractivity contribution in [2.24, 2.45) is 10.9 Å². The molecule has 58 valence electrons. The molecule has 0 atom stereocenters. The fraction of sp³-hybridized carbons (Fsp3) is 0.875. The minimum atomic E-state index is 0.683. The predicted molar refractivity (Wildman–Crippen MR) is 44.4 cm³/mol. The van der Waals surface area contributed by atoms with E-state index in [9.17, 15) is 0 Å². The lowest BCUT2D eigenvalue weighted by atomic mass is 10.0. The molecule has 1 N–H and O–H groups in total. The molecule has 1 rings (SSSR count). The van der Waals surface area contributed by atoms with E-state index in [0.29, 0.717) is 5.92 Å². The van der Waals surface area contributed by atoms with E-state index in [0.717, 1.165) is 13.1 Å². The molecule has 10 heavy (non-hydrogen) atoms. The Kier molecular flexibility index (Phi) is 2.72. The maximum Gasteiger partial charge on any atom is 0.0995 e. The molecule has 0 spiro atoms. The third-order valence-corrected chi connectivity index (χ3v) is 2.07. The highest BCUT2D eigenvalue weighted by Crippen LogP contribution is 2.10. The lowest BCUT2D eigenvalue weighted by Gasteiger charge is -2.11. The second-order valence-corrected chi connectivity index (χ2v) is 2.71. The van der Waals surface area contributed by atoms with Crippen LogP contribution >= 0.6 is 0 Å². The summed E-state index contributed by atoms with van der Waals surface area (Å²) in [7, 11) is 0. The van der Waals surface area contributed by atoms with Gasteiger partial charge in [-0.25, -0.2) is 0 Å². The van der Waals surface area contributed by atoms with Crippen molar-refractivity contribution in [2.45, 2.75) is 26.7 Å². The average molecular weight is 140 g/mol. The van der Waals surface area contributed by atoms with Crippen LogP contribution in [0, 0.1) is 5.92 Å². The van der Waals surface area contributed by atoms with Crippen LogP contribution in [0.25, 0.3) is 0 Å². The van der Waals surface area contributed by atoms with Crippen LogP contribution in [0.1, 0.15) is 26.7 Å². The number of aliphatic imine (C=N–C) groups is 1. The van der Waals surface area contributed by atoms with Gasteiger partial charge in [0.05, 0.1) is 12.4 Å². The molecule has 2 nitrogen and oxygen atoms in total. The van der Waals surface area contributed by atoms with Gasteiger partial charge in [-0.05, 0) is 12.8 Å². The first kappa shape index (κ1) is 7.58. The van der Waals surface area contributed by atoms with Crippen molar-refractivity contribution in [3.8, 4) is 0 Å². The molecule has 0 amide bonds. The fourth-order valence-electron chi connectivity index (χ4n) is 1.37. The highest BCUT2D eigenvalue weighted by atomic mass is 15.1. The summed E-state index contributed by atoms with van der Waals surface area (Å²) in [5, 5.41) is 3.31. The van der Waals surface area contributed by atoms with E-state index in [-0.39, 0.29) is 0 Å². The molecule has 0 saturated heterocycles. The molecule has 0 fully saturated rings. The van der Waals surface area contributed by atoms with Gasteiger partial charge in [0.1, 0.15) is 0 Å². The summed E-state index contributed by atoms with van der Waals surface area (Å²) in [6.45, 7) is 6.46. The number of hydrogen-bond acceptors (Lipinski definition) is 2. The molecule has 0 unspecified atom stereocenters. The minimum Gasteiger partial charge on any atom is -0.372 e. The van der Waals surface area contributed by atoms with Crippen molar-refractivity contribution in [3.63, 3.8) is 0 Å². The van der Waals surface area contributed by atoms with Crippen LogP contribution in [-0.4, -0.2) is 18.9 Å². The lowest BCUT2D eigenvalue weighted by Crippen LogP contribution is -2.26. The molecule has 0 aromatic carbocycles. The Morgan fingerprint density at radius 2 is 2.20 bits per heavy atom. The Morgan fingerprint density at radius 3 is 2.60 bits per heavy atom. The molecule has 0 aromatic heterocycles. The van der Waals surface area contributed by atoms with Crippen molar-refractivity contribution >= 4 is 5.84 Å². The van der Waals surface area contributed by atoms with Gasteiger partial charge in [0.25, 0.3) is 0 Å². The van der Waals surface area contributed by atoms with Crippen molar-refractivity contribution in [1.82, 2.24) is 5.32 Å². The van der Waals surface area contributed by atoms with Crippen LogP contribution in [-0.2, 0) is 0 Å². The van der Waals surface area contributed by atoms with Gasteiger partial charge in [-0.2, -0.15) is 0 Å². The number of hydrogen-bond donors (Lipinski definition) is 1. The topological polar surface area (TPSA) is 24.4 Å². The Morgan fingerprint density at radius 1 is 1.50 bits per heavy atom. The zero-order valence-corrected chi connectivity index (χ0v) is 6.85. The summed E-state index contributed by atoms with van der Waals surface area (Å²) in [4.78, 5) is 4.38. The van der Waals surface area contributed by atoms with E-state index in [4.69, 9.17) is 0 Å². The quantitative estimate of drug-likeness (QED) is 0.630. The van der Waals surface area contributed by atoms with E-state index in [1.165, 1.54) is 18.7 Å². The van der Waals surface area contributed by atoms with Crippen molar-refractivity contribution in [1.29, 1.82) is 0 Å². The van der Waals surface area contributed by atoms with Gasteiger partial charge in [-0.15, -0.1) is 0 Å².